The lowest BCUT2D eigenvalue weighted by atomic mass is 10.4. The molecule has 0 aliphatic carbocycles. The molecule has 0 radical (unpaired) electrons. The fourth-order valence-electron chi connectivity index (χ4n) is 1.64. The van der Waals surface area contributed by atoms with Crippen molar-refractivity contribution < 1.29 is 14.3 Å². The molecule has 0 aliphatic rings. The summed E-state index contributed by atoms with van der Waals surface area (Å²) in [6.07, 6.45) is 1.90. The number of esters is 1. The van der Waals surface area contributed by atoms with E-state index >= 15 is 0 Å². The topological polar surface area (TPSA) is 85.2 Å². The Kier molecular flexibility index (Phi) is 6.72. The van der Waals surface area contributed by atoms with Gasteiger partial charge >= 0.3 is 5.97 Å². The lowest BCUT2D eigenvalue weighted by Crippen LogP contribution is -2.30. The van der Waals surface area contributed by atoms with E-state index in [-0.39, 0.29) is 30.9 Å². The summed E-state index contributed by atoms with van der Waals surface area (Å²) in [4.78, 5) is 22.8. The van der Waals surface area contributed by atoms with Crippen LogP contribution in [0.5, 0.6) is 0 Å². The van der Waals surface area contributed by atoms with Gasteiger partial charge in [-0.3, -0.25) is 9.59 Å². The zero-order chi connectivity index (χ0) is 15.0. The Bertz CT molecular complexity index is 443. The van der Waals surface area contributed by atoms with Crippen molar-refractivity contribution in [2.24, 2.45) is 0 Å². The number of hydrogen-bond donors (Lipinski definition) is 2. The van der Waals surface area contributed by atoms with Crippen molar-refractivity contribution in [3.8, 4) is 0 Å². The lowest BCUT2D eigenvalue weighted by Gasteiger charge is -2.12. The van der Waals surface area contributed by atoms with E-state index in [2.05, 4.69) is 15.7 Å². The van der Waals surface area contributed by atoms with Crippen LogP contribution in [0.3, 0.4) is 0 Å². The van der Waals surface area contributed by atoms with E-state index in [0.717, 1.165) is 0 Å². The van der Waals surface area contributed by atoms with Crippen LogP contribution in [0.15, 0.2) is 12.3 Å². The highest BCUT2D eigenvalue weighted by molar-refractivity contribution is 5.91. The SMILES string of the molecule is CCOC(=O)CCNCC(=O)Nc1ccnn1C(C)C. The minimum absolute atomic E-state index is 0.142. The first-order valence-corrected chi connectivity index (χ1v) is 6.74. The monoisotopic (exact) mass is 282 g/mol. The first kappa shape index (κ1) is 16.2. The predicted molar refractivity (Wildman–Crippen MR) is 75.4 cm³/mol. The molecule has 20 heavy (non-hydrogen) atoms. The molecule has 0 aliphatic heterocycles. The molecule has 0 unspecified atom stereocenters. The van der Waals surface area contributed by atoms with Gasteiger partial charge in [-0.05, 0) is 20.8 Å². The maximum absolute atomic E-state index is 11.7. The van der Waals surface area contributed by atoms with Crippen molar-refractivity contribution >= 4 is 17.7 Å². The molecule has 0 atom stereocenters. The number of rotatable bonds is 8. The van der Waals surface area contributed by atoms with Gasteiger partial charge < -0.3 is 15.4 Å². The fourth-order valence-corrected chi connectivity index (χ4v) is 1.64. The summed E-state index contributed by atoms with van der Waals surface area (Å²) in [5.41, 5.74) is 0. The van der Waals surface area contributed by atoms with Gasteiger partial charge in [0.15, 0.2) is 0 Å². The van der Waals surface area contributed by atoms with E-state index in [1.54, 1.807) is 23.9 Å². The molecule has 0 aromatic carbocycles. The summed E-state index contributed by atoms with van der Waals surface area (Å²) in [5.74, 6) is 0.228. The molecule has 112 valence electrons. The molecule has 0 bridgehead atoms. The second kappa shape index (κ2) is 8.31. The molecule has 0 saturated heterocycles. The molecule has 1 aromatic rings. The van der Waals surface area contributed by atoms with Crippen LogP contribution in [0.1, 0.15) is 33.2 Å². The van der Waals surface area contributed by atoms with Crippen molar-refractivity contribution in [2.75, 3.05) is 25.0 Å². The molecule has 1 aromatic heterocycles. The van der Waals surface area contributed by atoms with Crippen LogP contribution in [0.25, 0.3) is 0 Å². The summed E-state index contributed by atoms with van der Waals surface area (Å²) in [5, 5.41) is 9.79. The molecule has 0 saturated carbocycles. The maximum atomic E-state index is 11.7. The number of nitrogens with zero attached hydrogens (tertiary/aromatic N) is 2. The van der Waals surface area contributed by atoms with Crippen molar-refractivity contribution in [1.29, 1.82) is 0 Å². The lowest BCUT2D eigenvalue weighted by molar-refractivity contribution is -0.143. The van der Waals surface area contributed by atoms with Crippen molar-refractivity contribution in [3.05, 3.63) is 12.3 Å². The van der Waals surface area contributed by atoms with Crippen LogP contribution in [-0.2, 0) is 14.3 Å². The van der Waals surface area contributed by atoms with Gasteiger partial charge in [-0.25, -0.2) is 4.68 Å². The molecule has 0 fully saturated rings. The van der Waals surface area contributed by atoms with E-state index in [0.29, 0.717) is 19.0 Å². The Morgan fingerprint density at radius 2 is 2.20 bits per heavy atom. The zero-order valence-electron chi connectivity index (χ0n) is 12.2. The largest absolute Gasteiger partial charge is 0.466 e. The number of aromatic nitrogens is 2. The normalized spacial score (nSPS) is 10.6. The standard InChI is InChI=1S/C13H22N4O3/c1-4-20-13(19)6-7-14-9-12(18)16-11-5-8-15-17(11)10(2)3/h5,8,10,14H,4,6-7,9H2,1-3H3,(H,16,18). The first-order valence-electron chi connectivity index (χ1n) is 6.74. The van der Waals surface area contributed by atoms with Gasteiger partial charge in [0.2, 0.25) is 5.91 Å². The number of hydrogen-bond acceptors (Lipinski definition) is 5. The van der Waals surface area contributed by atoms with E-state index < -0.39 is 0 Å². The average molecular weight is 282 g/mol. The van der Waals surface area contributed by atoms with Gasteiger partial charge in [0.05, 0.1) is 25.8 Å². The number of anilines is 1. The molecular weight excluding hydrogens is 260 g/mol. The fraction of sp³-hybridized carbons (Fsp3) is 0.615. The number of nitrogens with one attached hydrogen (secondary N) is 2. The molecule has 2 N–H and O–H groups in total. The van der Waals surface area contributed by atoms with E-state index in [1.165, 1.54) is 0 Å². The van der Waals surface area contributed by atoms with E-state index in [4.69, 9.17) is 4.74 Å². The summed E-state index contributed by atoms with van der Waals surface area (Å²) >= 11 is 0. The molecule has 1 heterocycles. The van der Waals surface area contributed by atoms with Crippen molar-refractivity contribution in [2.45, 2.75) is 33.2 Å². The van der Waals surface area contributed by atoms with Crippen LogP contribution < -0.4 is 10.6 Å². The third-order valence-corrected chi connectivity index (χ3v) is 2.52. The third-order valence-electron chi connectivity index (χ3n) is 2.52. The summed E-state index contributed by atoms with van der Waals surface area (Å²) < 4.78 is 6.52. The third kappa shape index (κ3) is 5.40. The quantitative estimate of drug-likeness (QED) is 0.547. The Labute approximate surface area is 118 Å². The molecule has 1 rings (SSSR count). The second-order valence-electron chi connectivity index (χ2n) is 4.53. The summed E-state index contributed by atoms with van der Waals surface area (Å²) in [6, 6.07) is 1.92. The van der Waals surface area contributed by atoms with Gasteiger partial charge in [-0.2, -0.15) is 5.10 Å². The van der Waals surface area contributed by atoms with E-state index in [1.807, 2.05) is 13.8 Å². The van der Waals surface area contributed by atoms with Crippen LogP contribution in [0, 0.1) is 0 Å². The molecule has 1 amide bonds. The Hall–Kier alpha value is -1.89. The van der Waals surface area contributed by atoms with Crippen LogP contribution in [-0.4, -0.2) is 41.4 Å². The Morgan fingerprint density at radius 3 is 2.85 bits per heavy atom. The van der Waals surface area contributed by atoms with Crippen LogP contribution in [0.2, 0.25) is 0 Å². The molecule has 0 spiro atoms. The van der Waals surface area contributed by atoms with E-state index in [9.17, 15) is 9.59 Å². The highest BCUT2D eigenvalue weighted by Gasteiger charge is 2.09. The first-order chi connectivity index (χ1) is 9.54. The number of ether oxygens (including phenoxy) is 1. The molecule has 7 nitrogen and oxygen atoms in total. The predicted octanol–water partition coefficient (Wildman–Crippen LogP) is 0.945. The minimum Gasteiger partial charge on any atom is -0.466 e. The Morgan fingerprint density at radius 1 is 1.45 bits per heavy atom. The minimum atomic E-state index is -0.265. The zero-order valence-corrected chi connectivity index (χ0v) is 12.2. The van der Waals surface area contributed by atoms with Crippen molar-refractivity contribution in [1.82, 2.24) is 15.1 Å². The van der Waals surface area contributed by atoms with Crippen LogP contribution in [0.4, 0.5) is 5.82 Å². The maximum Gasteiger partial charge on any atom is 0.307 e. The summed E-state index contributed by atoms with van der Waals surface area (Å²) in [6.45, 7) is 6.66. The van der Waals surface area contributed by atoms with Gasteiger partial charge in [0.25, 0.3) is 0 Å². The highest BCUT2D eigenvalue weighted by Crippen LogP contribution is 2.12. The second-order valence-corrected chi connectivity index (χ2v) is 4.53. The Balaban J connectivity index is 2.27. The molecule has 7 heteroatoms. The van der Waals surface area contributed by atoms with Gasteiger partial charge in [0, 0.05) is 18.7 Å². The van der Waals surface area contributed by atoms with Gasteiger partial charge in [0.1, 0.15) is 5.82 Å². The number of amides is 1. The summed E-state index contributed by atoms with van der Waals surface area (Å²) in [7, 11) is 0. The average Bonchev–Trinajstić information content (AvgIpc) is 2.83. The smallest absolute Gasteiger partial charge is 0.307 e. The van der Waals surface area contributed by atoms with Crippen molar-refractivity contribution in [3.63, 3.8) is 0 Å². The molecular formula is C13H22N4O3. The van der Waals surface area contributed by atoms with Crippen LogP contribution >= 0.6 is 0 Å². The van der Waals surface area contributed by atoms with Gasteiger partial charge in [-0.1, -0.05) is 0 Å². The highest BCUT2D eigenvalue weighted by atomic mass is 16.5. The number of carbonyl (C=O) groups is 2. The van der Waals surface area contributed by atoms with Gasteiger partial charge in [-0.15, -0.1) is 0 Å². The number of carbonyl (C=O) groups excluding carboxylic acids is 2.